The molecule has 7 nitrogen and oxygen atoms in total. The summed E-state index contributed by atoms with van der Waals surface area (Å²) in [5, 5.41) is 0. The molecular formula is C17H25N5O2. The summed E-state index contributed by atoms with van der Waals surface area (Å²) < 4.78 is 5.52. The third-order valence-electron chi connectivity index (χ3n) is 5.19. The predicted octanol–water partition coefficient (Wildman–Crippen LogP) is 0.904. The van der Waals surface area contributed by atoms with Crippen LogP contribution in [0, 0.1) is 0 Å². The number of nitrogens with zero attached hydrogens (tertiary/aromatic N) is 5. The SMILES string of the molecule is O=C(C1CCCO1)N1CCN(c2cc(N3CCCC3)ncn2)CC1. The Morgan fingerprint density at radius 2 is 1.62 bits per heavy atom. The zero-order valence-corrected chi connectivity index (χ0v) is 14.1. The first-order valence-corrected chi connectivity index (χ1v) is 9.03. The second-order valence-corrected chi connectivity index (χ2v) is 6.74. The van der Waals surface area contributed by atoms with Crippen LogP contribution in [0.5, 0.6) is 0 Å². The van der Waals surface area contributed by atoms with Gasteiger partial charge < -0.3 is 19.4 Å². The van der Waals surface area contributed by atoms with Crippen molar-refractivity contribution in [2.24, 2.45) is 0 Å². The van der Waals surface area contributed by atoms with Gasteiger partial charge >= 0.3 is 0 Å². The Morgan fingerprint density at radius 1 is 0.958 bits per heavy atom. The smallest absolute Gasteiger partial charge is 0.251 e. The van der Waals surface area contributed by atoms with Gasteiger partial charge in [0.25, 0.3) is 5.91 Å². The summed E-state index contributed by atoms with van der Waals surface area (Å²) in [5.41, 5.74) is 0. The van der Waals surface area contributed by atoms with E-state index in [9.17, 15) is 4.79 Å². The molecule has 4 rings (SSSR count). The number of carbonyl (C=O) groups is 1. The van der Waals surface area contributed by atoms with Crippen molar-refractivity contribution >= 4 is 17.5 Å². The molecule has 0 bridgehead atoms. The number of piperazine rings is 1. The van der Waals surface area contributed by atoms with Crippen molar-refractivity contribution in [2.45, 2.75) is 31.8 Å². The van der Waals surface area contributed by atoms with Crippen LogP contribution >= 0.6 is 0 Å². The molecule has 1 atom stereocenters. The van der Waals surface area contributed by atoms with Crippen molar-refractivity contribution in [3.63, 3.8) is 0 Å². The summed E-state index contributed by atoms with van der Waals surface area (Å²) in [6.07, 6.45) is 5.79. The van der Waals surface area contributed by atoms with E-state index < -0.39 is 0 Å². The third-order valence-corrected chi connectivity index (χ3v) is 5.19. The van der Waals surface area contributed by atoms with Gasteiger partial charge in [0.1, 0.15) is 24.1 Å². The number of hydrogen-bond acceptors (Lipinski definition) is 6. The van der Waals surface area contributed by atoms with Crippen LogP contribution in [-0.4, -0.2) is 72.8 Å². The highest BCUT2D eigenvalue weighted by Gasteiger charge is 2.30. The van der Waals surface area contributed by atoms with Gasteiger partial charge in [0.15, 0.2) is 0 Å². The number of hydrogen-bond donors (Lipinski definition) is 0. The lowest BCUT2D eigenvalue weighted by molar-refractivity contribution is -0.141. The monoisotopic (exact) mass is 331 g/mol. The van der Waals surface area contributed by atoms with Gasteiger partial charge in [-0.2, -0.15) is 0 Å². The van der Waals surface area contributed by atoms with Gasteiger partial charge in [-0.3, -0.25) is 4.79 Å². The summed E-state index contributed by atoms with van der Waals surface area (Å²) in [7, 11) is 0. The molecule has 1 unspecified atom stereocenters. The molecule has 24 heavy (non-hydrogen) atoms. The molecule has 1 aromatic heterocycles. The third kappa shape index (κ3) is 3.17. The number of anilines is 2. The first kappa shape index (κ1) is 15.6. The molecule has 0 N–H and O–H groups in total. The van der Waals surface area contributed by atoms with Crippen LogP contribution in [0.1, 0.15) is 25.7 Å². The van der Waals surface area contributed by atoms with E-state index in [0.717, 1.165) is 70.4 Å². The lowest BCUT2D eigenvalue weighted by Crippen LogP contribution is -2.51. The Labute approximate surface area is 142 Å². The molecule has 0 aliphatic carbocycles. The van der Waals surface area contributed by atoms with Gasteiger partial charge in [-0.05, 0) is 25.7 Å². The van der Waals surface area contributed by atoms with Crippen molar-refractivity contribution in [2.75, 3.05) is 55.7 Å². The standard InChI is InChI=1S/C17H25N5O2/c23-17(14-4-3-11-24-14)22-9-7-21(8-10-22)16-12-15(18-13-19-16)20-5-1-2-6-20/h12-14H,1-11H2. The average Bonchev–Trinajstić information content (AvgIpc) is 3.35. The summed E-state index contributed by atoms with van der Waals surface area (Å²) in [5.74, 6) is 2.15. The van der Waals surface area contributed by atoms with E-state index in [2.05, 4.69) is 25.8 Å². The number of ether oxygens (including phenoxy) is 1. The molecule has 0 saturated carbocycles. The molecule has 0 spiro atoms. The summed E-state index contributed by atoms with van der Waals surface area (Å²) in [4.78, 5) is 27.8. The molecule has 130 valence electrons. The number of rotatable bonds is 3. The summed E-state index contributed by atoms with van der Waals surface area (Å²) in [6, 6.07) is 2.09. The lowest BCUT2D eigenvalue weighted by atomic mass is 10.2. The second-order valence-electron chi connectivity index (χ2n) is 6.74. The second kappa shape index (κ2) is 6.93. The zero-order valence-electron chi connectivity index (χ0n) is 14.1. The van der Waals surface area contributed by atoms with Gasteiger partial charge in [0.2, 0.25) is 0 Å². The van der Waals surface area contributed by atoms with Crippen LogP contribution in [0.4, 0.5) is 11.6 Å². The molecule has 3 saturated heterocycles. The average molecular weight is 331 g/mol. The van der Waals surface area contributed by atoms with E-state index in [-0.39, 0.29) is 12.0 Å². The van der Waals surface area contributed by atoms with Gasteiger partial charge in [-0.25, -0.2) is 9.97 Å². The van der Waals surface area contributed by atoms with Crippen molar-refractivity contribution < 1.29 is 9.53 Å². The van der Waals surface area contributed by atoms with Crippen molar-refractivity contribution in [3.05, 3.63) is 12.4 Å². The molecule has 3 aliphatic heterocycles. The maximum atomic E-state index is 12.4. The molecule has 1 aromatic rings. The minimum absolute atomic E-state index is 0.160. The largest absolute Gasteiger partial charge is 0.368 e. The Bertz CT molecular complexity index is 576. The fraction of sp³-hybridized carbons (Fsp3) is 0.706. The number of aromatic nitrogens is 2. The number of amides is 1. The molecule has 0 aromatic carbocycles. The van der Waals surface area contributed by atoms with E-state index in [1.165, 1.54) is 12.8 Å². The Morgan fingerprint density at radius 3 is 2.25 bits per heavy atom. The van der Waals surface area contributed by atoms with Crippen LogP contribution in [0.2, 0.25) is 0 Å². The first-order valence-electron chi connectivity index (χ1n) is 9.03. The fourth-order valence-corrected chi connectivity index (χ4v) is 3.76. The summed E-state index contributed by atoms with van der Waals surface area (Å²) >= 11 is 0. The highest BCUT2D eigenvalue weighted by Crippen LogP contribution is 2.23. The Kier molecular flexibility index (Phi) is 4.51. The molecule has 0 radical (unpaired) electrons. The van der Waals surface area contributed by atoms with Gasteiger partial charge in [0, 0.05) is 51.9 Å². The Balaban J connectivity index is 1.37. The van der Waals surface area contributed by atoms with E-state index >= 15 is 0 Å². The van der Waals surface area contributed by atoms with E-state index in [1.54, 1.807) is 6.33 Å². The van der Waals surface area contributed by atoms with E-state index in [4.69, 9.17) is 4.74 Å². The topological polar surface area (TPSA) is 61.8 Å². The molecule has 1 amide bonds. The summed E-state index contributed by atoms with van der Waals surface area (Å²) in [6.45, 7) is 5.99. The maximum absolute atomic E-state index is 12.4. The van der Waals surface area contributed by atoms with Gasteiger partial charge in [-0.15, -0.1) is 0 Å². The number of carbonyl (C=O) groups excluding carboxylic acids is 1. The van der Waals surface area contributed by atoms with Gasteiger partial charge in [-0.1, -0.05) is 0 Å². The molecular weight excluding hydrogens is 306 g/mol. The molecule has 3 aliphatic rings. The van der Waals surface area contributed by atoms with Crippen molar-refractivity contribution in [1.82, 2.24) is 14.9 Å². The quantitative estimate of drug-likeness (QED) is 0.820. The highest BCUT2D eigenvalue weighted by molar-refractivity contribution is 5.81. The normalized spacial score (nSPS) is 24.7. The predicted molar refractivity (Wildman–Crippen MR) is 91.2 cm³/mol. The van der Waals surface area contributed by atoms with Crippen LogP contribution in [0.3, 0.4) is 0 Å². The maximum Gasteiger partial charge on any atom is 0.251 e. The first-order chi connectivity index (χ1) is 11.8. The van der Waals surface area contributed by atoms with E-state index in [0.29, 0.717) is 0 Å². The minimum atomic E-state index is -0.211. The fourth-order valence-electron chi connectivity index (χ4n) is 3.76. The van der Waals surface area contributed by atoms with Crippen LogP contribution in [0.25, 0.3) is 0 Å². The van der Waals surface area contributed by atoms with Crippen LogP contribution < -0.4 is 9.80 Å². The highest BCUT2D eigenvalue weighted by atomic mass is 16.5. The molecule has 4 heterocycles. The minimum Gasteiger partial charge on any atom is -0.368 e. The van der Waals surface area contributed by atoms with Gasteiger partial charge in [0.05, 0.1) is 0 Å². The van der Waals surface area contributed by atoms with E-state index in [1.807, 2.05) is 4.90 Å². The van der Waals surface area contributed by atoms with Crippen LogP contribution in [-0.2, 0) is 9.53 Å². The van der Waals surface area contributed by atoms with Crippen molar-refractivity contribution in [1.29, 1.82) is 0 Å². The Hall–Kier alpha value is -1.89. The van der Waals surface area contributed by atoms with Crippen LogP contribution in [0.15, 0.2) is 12.4 Å². The molecule has 7 heteroatoms. The lowest BCUT2D eigenvalue weighted by Gasteiger charge is -2.36. The molecule has 3 fully saturated rings. The van der Waals surface area contributed by atoms with Crippen molar-refractivity contribution in [3.8, 4) is 0 Å². The zero-order chi connectivity index (χ0) is 16.4.